The van der Waals surface area contributed by atoms with Crippen LogP contribution in [0.15, 0.2) is 0 Å². The molecule has 0 saturated carbocycles. The highest BCUT2D eigenvalue weighted by Gasteiger charge is 2.32. The largest absolute Gasteiger partial charge is 0.333 e. The molecule has 0 bridgehead atoms. The minimum absolute atomic E-state index is 0.0173. The Bertz CT molecular complexity index is 415. The molecule has 0 aromatic heterocycles. The Morgan fingerprint density at radius 1 is 1.16 bits per heavy atom. The van der Waals surface area contributed by atoms with Crippen molar-refractivity contribution in [3.63, 3.8) is 0 Å². The van der Waals surface area contributed by atoms with Gasteiger partial charge < -0.3 is 4.84 Å². The Labute approximate surface area is 109 Å². The summed E-state index contributed by atoms with van der Waals surface area (Å²) in [6, 6.07) is 0. The Hall–Kier alpha value is -2.25. The van der Waals surface area contributed by atoms with Crippen molar-refractivity contribution in [2.24, 2.45) is 0 Å². The van der Waals surface area contributed by atoms with Gasteiger partial charge in [0.15, 0.2) is 0 Å². The molecule has 0 aromatic rings. The molecule has 4 amide bonds. The topological polar surface area (TPSA) is 110 Å². The molecule has 19 heavy (non-hydrogen) atoms. The van der Waals surface area contributed by atoms with Gasteiger partial charge in [0.25, 0.3) is 11.8 Å². The lowest BCUT2D eigenvalue weighted by Crippen LogP contribution is -2.32. The molecule has 1 rings (SSSR count). The van der Waals surface area contributed by atoms with Crippen LogP contribution in [0.2, 0.25) is 0 Å². The maximum atomic E-state index is 11.3. The molecule has 0 spiro atoms. The van der Waals surface area contributed by atoms with Crippen LogP contribution < -0.4 is 5.32 Å². The molecule has 0 unspecified atom stereocenters. The van der Waals surface area contributed by atoms with Gasteiger partial charge in [-0.05, 0) is 6.42 Å². The molecule has 104 valence electrons. The van der Waals surface area contributed by atoms with Crippen molar-refractivity contribution in [1.29, 1.82) is 0 Å². The highest BCUT2D eigenvalue weighted by atomic mass is 16.7. The van der Waals surface area contributed by atoms with E-state index in [0.29, 0.717) is 5.06 Å². The molecule has 1 saturated heterocycles. The number of hydroxylamine groups is 2. The summed E-state index contributed by atoms with van der Waals surface area (Å²) in [5.41, 5.74) is 0. The van der Waals surface area contributed by atoms with Gasteiger partial charge >= 0.3 is 5.97 Å². The Kier molecular flexibility index (Phi) is 5.16. The summed E-state index contributed by atoms with van der Waals surface area (Å²) in [7, 11) is 0. The van der Waals surface area contributed by atoms with Crippen molar-refractivity contribution >= 4 is 29.6 Å². The first-order valence-electron chi connectivity index (χ1n) is 5.77. The highest BCUT2D eigenvalue weighted by Crippen LogP contribution is 2.13. The van der Waals surface area contributed by atoms with Crippen LogP contribution in [-0.2, 0) is 28.8 Å². The average molecular weight is 270 g/mol. The number of carbonyl (C=O) groups is 5. The first-order valence-corrected chi connectivity index (χ1v) is 5.77. The lowest BCUT2D eigenvalue weighted by atomic mass is 10.2. The lowest BCUT2D eigenvalue weighted by molar-refractivity contribution is -0.197. The smallest absolute Gasteiger partial charge is 0.330 e. The van der Waals surface area contributed by atoms with E-state index in [9.17, 15) is 24.0 Å². The van der Waals surface area contributed by atoms with Crippen LogP contribution in [0.4, 0.5) is 0 Å². The van der Waals surface area contributed by atoms with E-state index in [2.05, 4.69) is 10.2 Å². The summed E-state index contributed by atoms with van der Waals surface area (Å²) in [5.74, 6) is -2.82. The number of nitrogens with zero attached hydrogens (tertiary/aromatic N) is 1. The van der Waals surface area contributed by atoms with Gasteiger partial charge in [-0.15, -0.1) is 5.06 Å². The minimum atomic E-state index is -0.765. The molecular formula is C11H14N2O6. The number of imide groups is 2. The maximum Gasteiger partial charge on any atom is 0.333 e. The molecule has 8 nitrogen and oxygen atoms in total. The number of carbonyl (C=O) groups excluding carboxylic acids is 5. The van der Waals surface area contributed by atoms with Crippen molar-refractivity contribution in [1.82, 2.24) is 10.4 Å². The third-order valence-corrected chi connectivity index (χ3v) is 2.30. The molecule has 1 N–H and O–H groups in total. The van der Waals surface area contributed by atoms with Crippen LogP contribution in [0.3, 0.4) is 0 Å². The zero-order valence-electron chi connectivity index (χ0n) is 10.4. The van der Waals surface area contributed by atoms with E-state index in [0.717, 1.165) is 0 Å². The number of amides is 4. The second kappa shape index (κ2) is 6.62. The third kappa shape index (κ3) is 4.86. The molecule has 0 atom stereocenters. The fourth-order valence-corrected chi connectivity index (χ4v) is 1.46. The average Bonchev–Trinajstić information content (AvgIpc) is 2.59. The van der Waals surface area contributed by atoms with Gasteiger partial charge in [-0.1, -0.05) is 0 Å². The van der Waals surface area contributed by atoms with Crippen molar-refractivity contribution in [3.8, 4) is 0 Å². The molecule has 8 heteroatoms. The molecular weight excluding hydrogens is 256 g/mol. The van der Waals surface area contributed by atoms with Gasteiger partial charge in [0.2, 0.25) is 11.8 Å². The zero-order valence-corrected chi connectivity index (χ0v) is 10.4. The van der Waals surface area contributed by atoms with E-state index >= 15 is 0 Å². The van der Waals surface area contributed by atoms with Crippen molar-refractivity contribution in [2.75, 3.05) is 0 Å². The number of nitrogens with one attached hydrogen (secondary N) is 1. The summed E-state index contributed by atoms with van der Waals surface area (Å²) in [6.45, 7) is 1.21. The van der Waals surface area contributed by atoms with Gasteiger partial charge in [-0.25, -0.2) is 4.79 Å². The second-order valence-corrected chi connectivity index (χ2v) is 4.00. The van der Waals surface area contributed by atoms with Gasteiger partial charge in [0.05, 0.1) is 0 Å². The van der Waals surface area contributed by atoms with Crippen molar-refractivity contribution in [2.45, 2.75) is 39.0 Å². The first kappa shape index (κ1) is 14.8. The summed E-state index contributed by atoms with van der Waals surface area (Å²) in [6.07, 6.45) is 0.0907. The quantitative estimate of drug-likeness (QED) is 0.670. The van der Waals surface area contributed by atoms with E-state index < -0.39 is 29.6 Å². The van der Waals surface area contributed by atoms with Crippen molar-refractivity contribution < 1.29 is 28.8 Å². The second-order valence-electron chi connectivity index (χ2n) is 4.00. The number of rotatable bonds is 5. The summed E-state index contributed by atoms with van der Waals surface area (Å²) < 4.78 is 0. The molecule has 0 aliphatic carbocycles. The summed E-state index contributed by atoms with van der Waals surface area (Å²) in [5, 5.41) is 2.51. The predicted molar refractivity (Wildman–Crippen MR) is 59.9 cm³/mol. The van der Waals surface area contributed by atoms with Crippen molar-refractivity contribution in [3.05, 3.63) is 0 Å². The van der Waals surface area contributed by atoms with E-state index in [-0.39, 0.29) is 32.1 Å². The van der Waals surface area contributed by atoms with E-state index in [1.54, 1.807) is 0 Å². The molecule has 1 aliphatic rings. The third-order valence-electron chi connectivity index (χ3n) is 2.30. The zero-order chi connectivity index (χ0) is 14.4. The number of hydrogen-bond donors (Lipinski definition) is 1. The highest BCUT2D eigenvalue weighted by molar-refractivity contribution is 6.01. The normalized spacial score (nSPS) is 14.5. The SMILES string of the molecule is CC(=O)NC(=O)CCCC(=O)ON1C(=O)CCC1=O. The van der Waals surface area contributed by atoms with E-state index in [1.807, 2.05) is 0 Å². The predicted octanol–water partition coefficient (Wildman–Crippen LogP) is -0.573. The van der Waals surface area contributed by atoms with Gasteiger partial charge in [0, 0.05) is 32.6 Å². The minimum Gasteiger partial charge on any atom is -0.330 e. The standard InChI is InChI=1S/C11H14N2O6/c1-7(14)12-8(15)3-2-4-11(18)19-13-9(16)5-6-10(13)17/h2-6H2,1H3,(H,12,14,15). The van der Waals surface area contributed by atoms with Gasteiger partial charge in [0.1, 0.15) is 0 Å². The Balaban J connectivity index is 2.25. The van der Waals surface area contributed by atoms with Crippen LogP contribution >= 0.6 is 0 Å². The van der Waals surface area contributed by atoms with Gasteiger partial charge in [-0.2, -0.15) is 0 Å². The fraction of sp³-hybridized carbons (Fsp3) is 0.545. The lowest BCUT2D eigenvalue weighted by Gasteiger charge is -2.12. The van der Waals surface area contributed by atoms with Crippen LogP contribution in [0.25, 0.3) is 0 Å². The van der Waals surface area contributed by atoms with Crippen LogP contribution in [-0.4, -0.2) is 34.7 Å². The number of hydrogen-bond acceptors (Lipinski definition) is 6. The summed E-state index contributed by atoms with van der Waals surface area (Å²) in [4.78, 5) is 59.9. The molecule has 1 heterocycles. The molecule has 0 aromatic carbocycles. The van der Waals surface area contributed by atoms with Crippen LogP contribution in [0, 0.1) is 0 Å². The van der Waals surface area contributed by atoms with E-state index in [1.165, 1.54) is 6.92 Å². The van der Waals surface area contributed by atoms with Crippen LogP contribution in [0.5, 0.6) is 0 Å². The Morgan fingerprint density at radius 2 is 1.74 bits per heavy atom. The monoisotopic (exact) mass is 270 g/mol. The fourth-order valence-electron chi connectivity index (χ4n) is 1.46. The molecule has 1 fully saturated rings. The molecule has 1 aliphatic heterocycles. The summed E-state index contributed by atoms with van der Waals surface area (Å²) >= 11 is 0. The van der Waals surface area contributed by atoms with E-state index in [4.69, 9.17) is 0 Å². The Morgan fingerprint density at radius 3 is 2.26 bits per heavy atom. The molecule has 0 radical (unpaired) electrons. The maximum absolute atomic E-state index is 11.3. The first-order chi connectivity index (χ1) is 8.90. The van der Waals surface area contributed by atoms with Crippen LogP contribution in [0.1, 0.15) is 39.0 Å². The van der Waals surface area contributed by atoms with Gasteiger partial charge in [-0.3, -0.25) is 24.5 Å².